The number of likely N-dealkylation sites (tertiary alicyclic amines) is 2. The van der Waals surface area contributed by atoms with Crippen LogP contribution >= 0.6 is 45.8 Å². The number of rotatable bonds is 4. The Morgan fingerprint density at radius 1 is 0.507 bits per heavy atom. The van der Waals surface area contributed by atoms with Crippen molar-refractivity contribution in [2.75, 3.05) is 54.8 Å². The molecule has 6 heterocycles. The van der Waals surface area contributed by atoms with Crippen molar-refractivity contribution in [2.45, 2.75) is 96.3 Å². The molecule has 5 aromatic carbocycles. The first-order chi connectivity index (χ1) is 35.3. The molecule has 0 aliphatic carbocycles. The maximum Gasteiger partial charge on any atom is 0.335 e. The van der Waals surface area contributed by atoms with E-state index in [-0.39, 0.29) is 35.1 Å². The lowest BCUT2D eigenvalue weighted by Crippen LogP contribution is -2.36. The number of halogens is 3. The van der Waals surface area contributed by atoms with E-state index in [2.05, 4.69) is 38.5 Å². The molecule has 0 saturated carbocycles. The van der Waals surface area contributed by atoms with Crippen LogP contribution in [0.2, 0.25) is 10.0 Å². The molecule has 4 N–H and O–H groups in total. The van der Waals surface area contributed by atoms with E-state index in [1.54, 1.807) is 29.2 Å². The van der Waals surface area contributed by atoms with Gasteiger partial charge in [-0.1, -0.05) is 41.8 Å². The lowest BCUT2D eigenvalue weighted by Gasteiger charge is -2.31. The smallest absolute Gasteiger partial charge is 0.335 e. The van der Waals surface area contributed by atoms with E-state index in [1.807, 2.05) is 82.6 Å². The number of carboxylic acids is 1. The van der Waals surface area contributed by atoms with E-state index < -0.39 is 5.97 Å². The first kappa shape index (κ1) is 55.0. The Bertz CT molecular complexity index is 2750. The second kappa shape index (κ2) is 27.5. The number of amides is 5. The Hall–Kier alpha value is -5.81. The van der Waals surface area contributed by atoms with Gasteiger partial charge >= 0.3 is 5.97 Å². The average molecular weight is 1140 g/mol. The molecular formula is C57H63Cl2IN6O7. The summed E-state index contributed by atoms with van der Waals surface area (Å²) < 4.78 is 1.18. The van der Waals surface area contributed by atoms with Gasteiger partial charge in [-0.15, -0.1) is 0 Å². The number of hydrogen-bond acceptors (Lipinski definition) is 7. The minimum Gasteiger partial charge on any atom is -0.478 e. The van der Waals surface area contributed by atoms with Gasteiger partial charge in [-0.25, -0.2) is 4.79 Å². The summed E-state index contributed by atoms with van der Waals surface area (Å²) in [6.45, 7) is 5.91. The molecule has 6 aliphatic rings. The van der Waals surface area contributed by atoms with Crippen molar-refractivity contribution in [1.82, 2.24) is 15.1 Å². The van der Waals surface area contributed by atoms with Gasteiger partial charge in [0.1, 0.15) is 0 Å². The number of carboxylic acid groups (broad SMARTS) is 1. The zero-order valence-electron chi connectivity index (χ0n) is 41.0. The molecule has 73 heavy (non-hydrogen) atoms. The van der Waals surface area contributed by atoms with Crippen molar-refractivity contribution < 1.29 is 33.9 Å². The molecule has 0 unspecified atom stereocenters. The van der Waals surface area contributed by atoms with Gasteiger partial charge in [-0.3, -0.25) is 28.9 Å². The van der Waals surface area contributed by atoms with E-state index in [4.69, 9.17) is 28.3 Å². The van der Waals surface area contributed by atoms with Crippen LogP contribution in [0, 0.1) is 3.57 Å². The van der Waals surface area contributed by atoms with Crippen molar-refractivity contribution in [3.63, 3.8) is 0 Å². The van der Waals surface area contributed by atoms with Gasteiger partial charge < -0.3 is 30.9 Å². The molecule has 0 bridgehead atoms. The third kappa shape index (κ3) is 16.1. The van der Waals surface area contributed by atoms with Gasteiger partial charge in [0.05, 0.1) is 16.9 Å². The average Bonchev–Trinajstić information content (AvgIpc) is 3.41. The van der Waals surface area contributed by atoms with Crippen molar-refractivity contribution in [2.24, 2.45) is 0 Å². The normalized spacial score (nSPS) is 16.8. The summed E-state index contributed by atoms with van der Waals surface area (Å²) in [4.78, 5) is 76.3. The highest BCUT2D eigenvalue weighted by Crippen LogP contribution is 2.36. The number of anilines is 4. The van der Waals surface area contributed by atoms with Gasteiger partial charge in [-0.2, -0.15) is 0 Å². The summed E-state index contributed by atoms with van der Waals surface area (Å²) in [5, 5.41) is 19.0. The fourth-order valence-corrected chi connectivity index (χ4v) is 10.5. The summed E-state index contributed by atoms with van der Waals surface area (Å²) in [7, 11) is 0. The Kier molecular flexibility index (Phi) is 20.7. The van der Waals surface area contributed by atoms with Gasteiger partial charge in [0.2, 0.25) is 17.7 Å². The number of fused-ring (bicyclic) bond motifs is 3. The fraction of sp³-hybridized carbons (Fsp3) is 0.368. The highest BCUT2D eigenvalue weighted by atomic mass is 127. The highest BCUT2D eigenvalue weighted by Gasteiger charge is 2.28. The van der Waals surface area contributed by atoms with Crippen LogP contribution < -0.4 is 20.9 Å². The van der Waals surface area contributed by atoms with Gasteiger partial charge in [0.25, 0.3) is 11.8 Å². The van der Waals surface area contributed by atoms with Crippen LogP contribution in [0.4, 0.5) is 22.7 Å². The molecule has 6 aliphatic heterocycles. The minimum atomic E-state index is -0.940. The van der Waals surface area contributed by atoms with Crippen molar-refractivity contribution >= 4 is 104 Å². The van der Waals surface area contributed by atoms with Crippen LogP contribution in [-0.2, 0) is 33.6 Å². The molecular weight excluding hydrogens is 1080 g/mol. The molecule has 11 rings (SSSR count). The van der Waals surface area contributed by atoms with Crippen LogP contribution in [0.25, 0.3) is 0 Å². The first-order valence-electron chi connectivity index (χ1n) is 25.3. The fourth-order valence-electron chi connectivity index (χ4n) is 9.38. The number of piperidine rings is 3. The van der Waals surface area contributed by atoms with E-state index >= 15 is 0 Å². The number of aryl methyl sites for hydroxylation is 3. The Labute approximate surface area is 451 Å². The standard InChI is InChI=1S/C21H21ClN2O2.C15H18N2O2.C10H9NO3.C6H4ClI.C5H11N/c22-17-5-4-6-18(14-17)24-19-9-7-16(13-15(19)8-10-20(24)25)21(26)23-11-2-1-3-12-23;18-14-7-5-11-10-12(4-6-13(11)16-14)15(19)17-8-2-1-3-9-17;12-9-4-2-6-5-7(10(13)14)1-3-8(6)11-9;7-5-2-1-3-6(8)4-5;1-2-4-6-5-3-1/h4-7,9,13-14H,1-3,8,10-12H2;4,6,10H,1-3,5,7-9H2,(H,16,18);1,3,5H,2,4H2,(H,11,12)(H,13,14);1-4H;6H,1-5H2. The summed E-state index contributed by atoms with van der Waals surface area (Å²) in [5.41, 5.74) is 7.91. The largest absolute Gasteiger partial charge is 0.478 e. The quantitative estimate of drug-likeness (QED) is 0.129. The lowest BCUT2D eigenvalue weighted by molar-refractivity contribution is -0.118. The molecule has 3 saturated heterocycles. The zero-order valence-corrected chi connectivity index (χ0v) is 44.7. The van der Waals surface area contributed by atoms with Crippen molar-refractivity contribution in [1.29, 1.82) is 0 Å². The zero-order chi connectivity index (χ0) is 51.7. The second-order valence-corrected chi connectivity index (χ2v) is 20.8. The number of aromatic carboxylic acids is 1. The van der Waals surface area contributed by atoms with Gasteiger partial charge in [0.15, 0.2) is 0 Å². The third-order valence-corrected chi connectivity index (χ3v) is 14.4. The molecule has 5 amide bonds. The Morgan fingerprint density at radius 3 is 1.47 bits per heavy atom. The topological polar surface area (TPSA) is 168 Å². The summed E-state index contributed by atoms with van der Waals surface area (Å²) in [5.74, 6) is -0.624. The van der Waals surface area contributed by atoms with E-state index in [0.29, 0.717) is 42.7 Å². The maximum absolute atomic E-state index is 12.8. The van der Waals surface area contributed by atoms with Gasteiger partial charge in [0, 0.05) is 81.6 Å². The lowest BCUT2D eigenvalue weighted by atomic mass is 9.97. The maximum atomic E-state index is 12.8. The Balaban J connectivity index is 0.000000145. The molecule has 0 aromatic heterocycles. The van der Waals surface area contributed by atoms with E-state index in [0.717, 1.165) is 108 Å². The molecule has 16 heteroatoms. The number of nitrogens with one attached hydrogen (secondary N) is 3. The summed E-state index contributed by atoms with van der Waals surface area (Å²) >= 11 is 14.0. The number of hydrogen-bond donors (Lipinski definition) is 4. The van der Waals surface area contributed by atoms with Crippen LogP contribution in [0.3, 0.4) is 0 Å². The van der Waals surface area contributed by atoms with E-state index in [1.165, 1.54) is 54.8 Å². The third-order valence-electron chi connectivity index (χ3n) is 13.3. The predicted octanol–water partition coefficient (Wildman–Crippen LogP) is 11.7. The van der Waals surface area contributed by atoms with Gasteiger partial charge in [-0.05, 0) is 214 Å². The molecule has 0 spiro atoms. The molecule has 3 fully saturated rings. The first-order valence-corrected chi connectivity index (χ1v) is 27.2. The van der Waals surface area contributed by atoms with E-state index in [9.17, 15) is 28.8 Å². The number of carbonyl (C=O) groups is 6. The number of nitrogens with zero attached hydrogens (tertiary/aromatic N) is 3. The molecule has 13 nitrogen and oxygen atoms in total. The summed E-state index contributed by atoms with van der Waals surface area (Å²) in [6, 6.07) is 31.1. The SMILES string of the molecule is C1CCNCC1.Clc1cccc(I)c1.O=C(c1ccc2c(c1)CCC(=O)N2c1cccc(Cl)c1)N1CCCCC1.O=C1CCc2cc(C(=O)N3CCCCC3)ccc2N1.O=C1CCc2cc(C(=O)O)ccc2N1. The minimum absolute atomic E-state index is 0.0134. The van der Waals surface area contributed by atoms with Crippen LogP contribution in [0.15, 0.2) is 103 Å². The van der Waals surface area contributed by atoms with Crippen LogP contribution in [-0.4, -0.2) is 89.7 Å². The summed E-state index contributed by atoms with van der Waals surface area (Å²) in [6.07, 6.45) is 14.4. The monoisotopic (exact) mass is 1140 g/mol. The van der Waals surface area contributed by atoms with Crippen molar-refractivity contribution in [3.8, 4) is 0 Å². The highest BCUT2D eigenvalue weighted by molar-refractivity contribution is 14.1. The molecule has 0 atom stereocenters. The molecule has 5 aromatic rings. The number of carbonyl (C=O) groups excluding carboxylic acids is 5. The number of benzene rings is 5. The van der Waals surface area contributed by atoms with Crippen LogP contribution in [0.1, 0.15) is 125 Å². The molecule has 384 valence electrons. The van der Waals surface area contributed by atoms with Crippen molar-refractivity contribution in [3.05, 3.63) is 150 Å². The van der Waals surface area contributed by atoms with Crippen LogP contribution in [0.5, 0.6) is 0 Å². The Morgan fingerprint density at radius 2 is 0.986 bits per heavy atom. The predicted molar refractivity (Wildman–Crippen MR) is 298 cm³/mol. The molecule has 0 radical (unpaired) electrons. The second-order valence-electron chi connectivity index (χ2n) is 18.7.